The molecule has 0 aliphatic rings. The number of benzene rings is 1. The summed E-state index contributed by atoms with van der Waals surface area (Å²) in [7, 11) is 0. The normalized spacial score (nSPS) is 10.2. The van der Waals surface area contributed by atoms with E-state index in [1.54, 1.807) is 12.1 Å². The Morgan fingerprint density at radius 3 is 2.88 bits per heavy atom. The number of halogens is 1. The van der Waals surface area contributed by atoms with Crippen molar-refractivity contribution in [1.82, 2.24) is 0 Å². The predicted octanol–water partition coefficient (Wildman–Crippen LogP) is 3.91. The molecule has 0 spiro atoms. The molecule has 6 heteroatoms. The Labute approximate surface area is 113 Å². The van der Waals surface area contributed by atoms with Crippen molar-refractivity contribution in [2.45, 2.75) is 12.8 Å². The van der Waals surface area contributed by atoms with Gasteiger partial charge in [0, 0.05) is 18.3 Å². The van der Waals surface area contributed by atoms with E-state index in [1.807, 2.05) is 17.8 Å². The highest BCUT2D eigenvalue weighted by Crippen LogP contribution is 2.27. The monoisotopic (exact) mass is 318 g/mol. The number of thioether (sulfide) groups is 1. The van der Waals surface area contributed by atoms with E-state index in [-0.39, 0.29) is 10.6 Å². The number of unbranched alkanes of at least 4 members (excludes halogenated alkanes) is 1. The molecule has 0 unspecified atom stereocenters. The van der Waals surface area contributed by atoms with Crippen LogP contribution in [0.5, 0.6) is 0 Å². The number of nitro groups is 1. The van der Waals surface area contributed by atoms with Gasteiger partial charge in [0.15, 0.2) is 0 Å². The van der Waals surface area contributed by atoms with Crippen LogP contribution in [0, 0.1) is 10.1 Å². The molecule has 0 fully saturated rings. The molecule has 0 atom stereocenters. The maximum absolute atomic E-state index is 10.7. The molecular formula is C11H15BrN2O2S. The molecule has 1 N–H and O–H groups in total. The van der Waals surface area contributed by atoms with Crippen molar-refractivity contribution in [1.29, 1.82) is 0 Å². The van der Waals surface area contributed by atoms with Crippen LogP contribution < -0.4 is 5.32 Å². The highest BCUT2D eigenvalue weighted by molar-refractivity contribution is 9.10. The highest BCUT2D eigenvalue weighted by atomic mass is 79.9. The summed E-state index contributed by atoms with van der Waals surface area (Å²) in [5.41, 5.74) is 0.892. The van der Waals surface area contributed by atoms with E-state index < -0.39 is 0 Å². The highest BCUT2D eigenvalue weighted by Gasteiger charge is 2.11. The standard InChI is InChI=1S/C11H15BrN2O2S/c1-17-7-3-2-6-13-9-4-5-10(12)11(8-9)14(15)16/h4-5,8,13H,2-3,6-7H2,1H3. The molecule has 0 radical (unpaired) electrons. The van der Waals surface area contributed by atoms with Gasteiger partial charge < -0.3 is 5.32 Å². The number of hydrogen-bond donors (Lipinski definition) is 1. The molecule has 1 aromatic carbocycles. The van der Waals surface area contributed by atoms with E-state index in [2.05, 4.69) is 27.5 Å². The number of nitrogens with zero attached hydrogens (tertiary/aromatic N) is 1. The van der Waals surface area contributed by atoms with Crippen LogP contribution in [0.25, 0.3) is 0 Å². The smallest absolute Gasteiger partial charge is 0.285 e. The largest absolute Gasteiger partial charge is 0.385 e. The minimum atomic E-state index is -0.386. The fourth-order valence-electron chi connectivity index (χ4n) is 1.37. The molecule has 4 nitrogen and oxygen atoms in total. The molecule has 1 rings (SSSR count). The van der Waals surface area contributed by atoms with Crippen molar-refractivity contribution in [3.05, 3.63) is 32.8 Å². The zero-order valence-electron chi connectivity index (χ0n) is 9.61. The Bertz CT molecular complexity index is 388. The maximum atomic E-state index is 10.7. The van der Waals surface area contributed by atoms with Crippen molar-refractivity contribution in [2.75, 3.05) is 23.9 Å². The molecule has 0 heterocycles. The number of rotatable bonds is 7. The molecule has 0 saturated heterocycles. The summed E-state index contributed by atoms with van der Waals surface area (Å²) in [4.78, 5) is 10.3. The van der Waals surface area contributed by atoms with Crippen LogP contribution >= 0.6 is 27.7 Å². The van der Waals surface area contributed by atoms with Gasteiger partial charge in [0.25, 0.3) is 5.69 Å². The SMILES string of the molecule is CSCCCCNc1ccc(Br)c([N+](=O)[O-])c1. The van der Waals surface area contributed by atoms with Gasteiger partial charge in [-0.05, 0) is 52.9 Å². The van der Waals surface area contributed by atoms with Crippen molar-refractivity contribution >= 4 is 39.1 Å². The van der Waals surface area contributed by atoms with Gasteiger partial charge in [-0.2, -0.15) is 11.8 Å². The lowest BCUT2D eigenvalue weighted by molar-refractivity contribution is -0.385. The summed E-state index contributed by atoms with van der Waals surface area (Å²) in [6.07, 6.45) is 4.32. The van der Waals surface area contributed by atoms with Gasteiger partial charge in [0.1, 0.15) is 0 Å². The van der Waals surface area contributed by atoms with Crippen molar-refractivity contribution in [3.8, 4) is 0 Å². The predicted molar refractivity (Wildman–Crippen MR) is 76.9 cm³/mol. The van der Waals surface area contributed by atoms with Gasteiger partial charge in [-0.25, -0.2) is 0 Å². The van der Waals surface area contributed by atoms with Gasteiger partial charge >= 0.3 is 0 Å². The quantitative estimate of drug-likeness (QED) is 0.470. The average molecular weight is 319 g/mol. The zero-order valence-corrected chi connectivity index (χ0v) is 12.0. The third-order valence-electron chi connectivity index (χ3n) is 2.25. The topological polar surface area (TPSA) is 55.2 Å². The van der Waals surface area contributed by atoms with Gasteiger partial charge in [0.2, 0.25) is 0 Å². The lowest BCUT2D eigenvalue weighted by Gasteiger charge is -2.06. The maximum Gasteiger partial charge on any atom is 0.285 e. The van der Waals surface area contributed by atoms with Crippen molar-refractivity contribution < 1.29 is 4.92 Å². The number of hydrogen-bond acceptors (Lipinski definition) is 4. The van der Waals surface area contributed by atoms with Gasteiger partial charge in [0.05, 0.1) is 9.40 Å². The summed E-state index contributed by atoms with van der Waals surface area (Å²) in [6.45, 7) is 0.847. The van der Waals surface area contributed by atoms with Crippen LogP contribution in [0.3, 0.4) is 0 Å². The van der Waals surface area contributed by atoms with E-state index in [0.717, 1.165) is 30.8 Å². The molecule has 17 heavy (non-hydrogen) atoms. The average Bonchev–Trinajstić information content (AvgIpc) is 2.30. The molecule has 0 amide bonds. The Morgan fingerprint density at radius 2 is 2.24 bits per heavy atom. The molecule has 1 aromatic rings. The summed E-state index contributed by atoms with van der Waals surface area (Å²) in [5, 5.41) is 13.9. The summed E-state index contributed by atoms with van der Waals surface area (Å²) < 4.78 is 0.510. The Hall–Kier alpha value is -0.750. The molecule has 0 aromatic heterocycles. The summed E-state index contributed by atoms with van der Waals surface area (Å²) in [5.74, 6) is 1.15. The minimum absolute atomic E-state index is 0.0964. The molecule has 94 valence electrons. The Kier molecular flexibility index (Phi) is 6.36. The lowest BCUT2D eigenvalue weighted by atomic mass is 10.2. The van der Waals surface area contributed by atoms with Crippen LogP contribution in [0.15, 0.2) is 22.7 Å². The Balaban J connectivity index is 2.49. The van der Waals surface area contributed by atoms with E-state index in [0.29, 0.717) is 4.47 Å². The van der Waals surface area contributed by atoms with Gasteiger partial charge in [-0.1, -0.05) is 0 Å². The third kappa shape index (κ3) is 4.95. The van der Waals surface area contributed by atoms with Crippen LogP contribution in [-0.4, -0.2) is 23.5 Å². The van der Waals surface area contributed by atoms with Crippen LogP contribution in [0.1, 0.15) is 12.8 Å². The van der Waals surface area contributed by atoms with Gasteiger partial charge in [-0.3, -0.25) is 10.1 Å². The zero-order chi connectivity index (χ0) is 12.7. The molecule has 0 aliphatic carbocycles. The van der Waals surface area contributed by atoms with E-state index in [4.69, 9.17) is 0 Å². The first kappa shape index (κ1) is 14.3. The first-order valence-electron chi connectivity index (χ1n) is 5.32. The molecule has 0 aliphatic heterocycles. The van der Waals surface area contributed by atoms with Crippen LogP contribution in [0.4, 0.5) is 11.4 Å². The summed E-state index contributed by atoms with van der Waals surface area (Å²) in [6, 6.07) is 5.09. The Morgan fingerprint density at radius 1 is 1.47 bits per heavy atom. The lowest BCUT2D eigenvalue weighted by Crippen LogP contribution is -2.02. The summed E-state index contributed by atoms with van der Waals surface area (Å²) >= 11 is 4.99. The number of nitrogens with one attached hydrogen (secondary N) is 1. The second-order valence-corrected chi connectivity index (χ2v) is 5.39. The fraction of sp³-hybridized carbons (Fsp3) is 0.455. The van der Waals surface area contributed by atoms with Crippen molar-refractivity contribution in [3.63, 3.8) is 0 Å². The van der Waals surface area contributed by atoms with Crippen LogP contribution in [-0.2, 0) is 0 Å². The van der Waals surface area contributed by atoms with E-state index in [9.17, 15) is 10.1 Å². The molecule has 0 saturated carbocycles. The second-order valence-electron chi connectivity index (χ2n) is 3.55. The van der Waals surface area contributed by atoms with Crippen LogP contribution in [0.2, 0.25) is 0 Å². The van der Waals surface area contributed by atoms with E-state index >= 15 is 0 Å². The van der Waals surface area contributed by atoms with Crippen molar-refractivity contribution in [2.24, 2.45) is 0 Å². The molecular weight excluding hydrogens is 304 g/mol. The molecule has 0 bridgehead atoms. The van der Waals surface area contributed by atoms with Gasteiger partial charge in [-0.15, -0.1) is 0 Å². The number of nitro benzene ring substituents is 1. The first-order chi connectivity index (χ1) is 8.15. The third-order valence-corrected chi connectivity index (χ3v) is 3.61. The number of anilines is 1. The second kappa shape index (κ2) is 7.55. The minimum Gasteiger partial charge on any atom is -0.385 e. The van der Waals surface area contributed by atoms with E-state index in [1.165, 1.54) is 0 Å². The first-order valence-corrected chi connectivity index (χ1v) is 7.50. The fourth-order valence-corrected chi connectivity index (χ4v) is 2.25.